The van der Waals surface area contributed by atoms with Crippen LogP contribution in [0.2, 0.25) is 0 Å². The fraction of sp³-hybridized carbons (Fsp3) is 0.667. The van der Waals surface area contributed by atoms with Gasteiger partial charge in [0.1, 0.15) is 5.82 Å². The molecule has 0 saturated carbocycles. The lowest BCUT2D eigenvalue weighted by Gasteiger charge is -2.20. The number of nitrogens with one attached hydrogen (secondary N) is 1. The van der Waals surface area contributed by atoms with Gasteiger partial charge in [-0.3, -0.25) is 4.90 Å². The van der Waals surface area contributed by atoms with Crippen molar-refractivity contribution in [3.8, 4) is 0 Å². The van der Waals surface area contributed by atoms with Crippen molar-refractivity contribution >= 4 is 5.82 Å². The van der Waals surface area contributed by atoms with E-state index in [4.69, 9.17) is 4.74 Å². The summed E-state index contributed by atoms with van der Waals surface area (Å²) < 4.78 is 5.66. The third-order valence-corrected chi connectivity index (χ3v) is 3.37. The minimum absolute atomic E-state index is 0.420. The number of anilines is 1. The molecular weight excluding hydrogens is 238 g/mol. The first-order valence-electron chi connectivity index (χ1n) is 7.27. The second-order valence-electron chi connectivity index (χ2n) is 5.31. The van der Waals surface area contributed by atoms with E-state index in [2.05, 4.69) is 41.3 Å². The normalized spacial score (nSPS) is 19.0. The van der Waals surface area contributed by atoms with E-state index >= 15 is 0 Å². The molecule has 0 spiro atoms. The standard InChI is InChI=1S/C15H25N3O/c1-3-8-16-15-7-6-13(10-17-15)11-18(2)12-14-5-4-9-19-14/h6-7,10,14H,3-5,8-9,11-12H2,1-2H3,(H,16,17). The molecule has 0 aliphatic carbocycles. The van der Waals surface area contributed by atoms with E-state index in [1.54, 1.807) is 0 Å². The molecule has 1 aromatic heterocycles. The first-order chi connectivity index (χ1) is 9.28. The van der Waals surface area contributed by atoms with Gasteiger partial charge in [-0.25, -0.2) is 4.98 Å². The molecule has 0 bridgehead atoms. The van der Waals surface area contributed by atoms with Crippen LogP contribution in [-0.4, -0.2) is 42.7 Å². The smallest absolute Gasteiger partial charge is 0.125 e. The average molecular weight is 263 g/mol. The second-order valence-corrected chi connectivity index (χ2v) is 5.31. The Morgan fingerprint density at radius 2 is 2.37 bits per heavy atom. The van der Waals surface area contributed by atoms with Gasteiger partial charge in [0.15, 0.2) is 0 Å². The molecule has 0 amide bonds. The summed E-state index contributed by atoms with van der Waals surface area (Å²) in [6.45, 7) is 6.00. The van der Waals surface area contributed by atoms with Gasteiger partial charge in [-0.15, -0.1) is 0 Å². The molecule has 1 aliphatic rings. The molecule has 1 saturated heterocycles. The summed E-state index contributed by atoms with van der Waals surface area (Å²) in [6.07, 6.45) is 5.90. The monoisotopic (exact) mass is 263 g/mol. The molecular formula is C15H25N3O. The van der Waals surface area contributed by atoms with Gasteiger partial charge in [0, 0.05) is 32.4 Å². The molecule has 1 aliphatic heterocycles. The zero-order valence-corrected chi connectivity index (χ0v) is 12.1. The van der Waals surface area contributed by atoms with Crippen LogP contribution in [0.25, 0.3) is 0 Å². The van der Waals surface area contributed by atoms with Gasteiger partial charge in [-0.2, -0.15) is 0 Å². The minimum Gasteiger partial charge on any atom is -0.377 e. The van der Waals surface area contributed by atoms with Gasteiger partial charge >= 0.3 is 0 Å². The fourth-order valence-corrected chi connectivity index (χ4v) is 2.39. The largest absolute Gasteiger partial charge is 0.377 e. The van der Waals surface area contributed by atoms with E-state index in [0.717, 1.165) is 38.5 Å². The number of ether oxygens (including phenoxy) is 1. The Balaban J connectivity index is 1.77. The maximum Gasteiger partial charge on any atom is 0.125 e. The highest BCUT2D eigenvalue weighted by atomic mass is 16.5. The lowest BCUT2D eigenvalue weighted by atomic mass is 10.2. The summed E-state index contributed by atoms with van der Waals surface area (Å²) in [4.78, 5) is 6.74. The molecule has 2 heterocycles. The van der Waals surface area contributed by atoms with E-state index < -0.39 is 0 Å². The van der Waals surface area contributed by atoms with E-state index in [-0.39, 0.29) is 0 Å². The third-order valence-electron chi connectivity index (χ3n) is 3.37. The van der Waals surface area contributed by atoms with Crippen LogP contribution in [0.5, 0.6) is 0 Å². The third kappa shape index (κ3) is 4.80. The SMILES string of the molecule is CCCNc1ccc(CN(C)CC2CCCO2)cn1. The Kier molecular flexibility index (Phi) is 5.61. The van der Waals surface area contributed by atoms with E-state index in [1.165, 1.54) is 18.4 Å². The predicted molar refractivity (Wildman–Crippen MR) is 78.3 cm³/mol. The number of rotatable bonds is 7. The molecule has 106 valence electrons. The van der Waals surface area contributed by atoms with Gasteiger partial charge in [-0.05, 0) is 37.9 Å². The van der Waals surface area contributed by atoms with Crippen molar-refractivity contribution in [3.63, 3.8) is 0 Å². The molecule has 0 radical (unpaired) electrons. The van der Waals surface area contributed by atoms with Crippen LogP contribution in [0.15, 0.2) is 18.3 Å². The predicted octanol–water partition coefficient (Wildman–Crippen LogP) is 2.51. The Hall–Kier alpha value is -1.13. The van der Waals surface area contributed by atoms with Crippen molar-refractivity contribution in [3.05, 3.63) is 23.9 Å². The Morgan fingerprint density at radius 3 is 3.00 bits per heavy atom. The lowest BCUT2D eigenvalue weighted by Crippen LogP contribution is -2.28. The number of hydrogen-bond acceptors (Lipinski definition) is 4. The number of hydrogen-bond donors (Lipinski definition) is 1. The van der Waals surface area contributed by atoms with Crippen LogP contribution in [0.1, 0.15) is 31.7 Å². The quantitative estimate of drug-likeness (QED) is 0.820. The lowest BCUT2D eigenvalue weighted by molar-refractivity contribution is 0.0793. The molecule has 1 aromatic rings. The molecule has 2 rings (SSSR count). The fourth-order valence-electron chi connectivity index (χ4n) is 2.39. The second kappa shape index (κ2) is 7.46. The molecule has 1 N–H and O–H groups in total. The summed E-state index contributed by atoms with van der Waals surface area (Å²) in [5.41, 5.74) is 1.25. The van der Waals surface area contributed by atoms with Crippen LogP contribution in [0.4, 0.5) is 5.82 Å². The van der Waals surface area contributed by atoms with Crippen LogP contribution < -0.4 is 5.32 Å². The topological polar surface area (TPSA) is 37.4 Å². The average Bonchev–Trinajstić information content (AvgIpc) is 2.90. The Bertz CT molecular complexity index is 360. The first-order valence-corrected chi connectivity index (χ1v) is 7.27. The summed E-state index contributed by atoms with van der Waals surface area (Å²) in [5.74, 6) is 0.965. The van der Waals surface area contributed by atoms with Gasteiger partial charge in [-0.1, -0.05) is 13.0 Å². The molecule has 4 nitrogen and oxygen atoms in total. The number of pyridine rings is 1. The highest BCUT2D eigenvalue weighted by molar-refractivity contribution is 5.35. The van der Waals surface area contributed by atoms with Crippen molar-refractivity contribution in [2.45, 2.75) is 38.8 Å². The molecule has 4 heteroatoms. The van der Waals surface area contributed by atoms with Crippen LogP contribution in [0, 0.1) is 0 Å². The summed E-state index contributed by atoms with van der Waals surface area (Å²) in [6, 6.07) is 4.21. The number of likely N-dealkylation sites (N-methyl/N-ethyl adjacent to an activating group) is 1. The maximum absolute atomic E-state index is 5.66. The van der Waals surface area contributed by atoms with Crippen LogP contribution >= 0.6 is 0 Å². The van der Waals surface area contributed by atoms with Crippen molar-refractivity contribution in [1.29, 1.82) is 0 Å². The van der Waals surface area contributed by atoms with Crippen molar-refractivity contribution in [1.82, 2.24) is 9.88 Å². The Labute approximate surface area is 116 Å². The number of aromatic nitrogens is 1. The molecule has 19 heavy (non-hydrogen) atoms. The summed E-state index contributed by atoms with van der Waals surface area (Å²) >= 11 is 0. The zero-order valence-electron chi connectivity index (χ0n) is 12.1. The highest BCUT2D eigenvalue weighted by Crippen LogP contribution is 2.14. The van der Waals surface area contributed by atoms with Crippen molar-refractivity contribution in [2.24, 2.45) is 0 Å². The van der Waals surface area contributed by atoms with Crippen LogP contribution in [-0.2, 0) is 11.3 Å². The molecule has 1 unspecified atom stereocenters. The van der Waals surface area contributed by atoms with Crippen LogP contribution in [0.3, 0.4) is 0 Å². The highest BCUT2D eigenvalue weighted by Gasteiger charge is 2.17. The zero-order chi connectivity index (χ0) is 13.5. The first kappa shape index (κ1) is 14.3. The molecule has 1 fully saturated rings. The summed E-state index contributed by atoms with van der Waals surface area (Å²) in [7, 11) is 2.14. The Morgan fingerprint density at radius 1 is 1.47 bits per heavy atom. The van der Waals surface area contributed by atoms with Gasteiger partial charge in [0.25, 0.3) is 0 Å². The maximum atomic E-state index is 5.66. The van der Waals surface area contributed by atoms with Gasteiger partial charge < -0.3 is 10.1 Å². The number of nitrogens with zero attached hydrogens (tertiary/aromatic N) is 2. The van der Waals surface area contributed by atoms with Crippen molar-refractivity contribution in [2.75, 3.05) is 32.1 Å². The van der Waals surface area contributed by atoms with Gasteiger partial charge in [0.05, 0.1) is 6.10 Å². The minimum atomic E-state index is 0.420. The summed E-state index contributed by atoms with van der Waals surface area (Å²) in [5, 5.41) is 3.29. The van der Waals surface area contributed by atoms with E-state index in [0.29, 0.717) is 6.10 Å². The van der Waals surface area contributed by atoms with Gasteiger partial charge in [0.2, 0.25) is 0 Å². The molecule has 1 atom stereocenters. The van der Waals surface area contributed by atoms with E-state index in [9.17, 15) is 0 Å². The van der Waals surface area contributed by atoms with Crippen molar-refractivity contribution < 1.29 is 4.74 Å². The molecule has 0 aromatic carbocycles. The van der Waals surface area contributed by atoms with E-state index in [1.807, 2.05) is 6.20 Å².